The number of carbonyl (C=O) groups excluding carboxylic acids is 2. The maximum absolute atomic E-state index is 12.5. The van der Waals surface area contributed by atoms with Crippen LogP contribution in [0.5, 0.6) is 5.75 Å². The number of nitrogens with one attached hydrogen (secondary N) is 1. The molecule has 6 nitrogen and oxygen atoms in total. The molecule has 1 heterocycles. The zero-order valence-electron chi connectivity index (χ0n) is 14.8. The van der Waals surface area contributed by atoms with Crippen molar-refractivity contribution in [3.63, 3.8) is 0 Å². The highest BCUT2D eigenvalue weighted by Crippen LogP contribution is 2.26. The van der Waals surface area contributed by atoms with Crippen LogP contribution in [0.25, 0.3) is 0 Å². The molecule has 0 bridgehead atoms. The van der Waals surface area contributed by atoms with E-state index in [9.17, 15) is 14.7 Å². The maximum atomic E-state index is 12.5. The van der Waals surface area contributed by atoms with Crippen molar-refractivity contribution in [2.75, 3.05) is 18.4 Å². The predicted octanol–water partition coefficient (Wildman–Crippen LogP) is 3.29. The minimum atomic E-state index is -0.556. The summed E-state index contributed by atoms with van der Waals surface area (Å²) in [5, 5.41) is 12.6. The number of piperidine rings is 1. The molecule has 2 N–H and O–H groups in total. The van der Waals surface area contributed by atoms with Crippen molar-refractivity contribution in [1.29, 1.82) is 0 Å². The molecule has 24 heavy (non-hydrogen) atoms. The Morgan fingerprint density at radius 1 is 1.33 bits per heavy atom. The number of amides is 2. The fraction of sp³-hybridized carbons (Fsp3) is 0.556. The van der Waals surface area contributed by atoms with E-state index in [1.165, 1.54) is 0 Å². The molecule has 1 aromatic rings. The summed E-state index contributed by atoms with van der Waals surface area (Å²) >= 11 is 0. The highest BCUT2D eigenvalue weighted by molar-refractivity contribution is 5.94. The molecule has 1 aliphatic heterocycles. The largest absolute Gasteiger partial charge is 0.506 e. The van der Waals surface area contributed by atoms with Crippen molar-refractivity contribution < 1.29 is 19.4 Å². The number of phenols is 1. The lowest BCUT2D eigenvalue weighted by molar-refractivity contribution is -0.121. The van der Waals surface area contributed by atoms with E-state index in [0.29, 0.717) is 25.2 Å². The van der Waals surface area contributed by atoms with Crippen molar-refractivity contribution >= 4 is 17.7 Å². The number of benzene rings is 1. The number of aryl methyl sites for hydroxylation is 1. The zero-order chi connectivity index (χ0) is 17.9. The van der Waals surface area contributed by atoms with Crippen molar-refractivity contribution in [2.24, 2.45) is 5.92 Å². The van der Waals surface area contributed by atoms with Crippen LogP contribution in [0.3, 0.4) is 0 Å². The molecule has 2 amide bonds. The summed E-state index contributed by atoms with van der Waals surface area (Å²) in [6, 6.07) is 5.05. The number of carbonyl (C=O) groups is 2. The summed E-state index contributed by atoms with van der Waals surface area (Å²) in [6.45, 7) is 8.26. The lowest BCUT2D eigenvalue weighted by Gasteiger charge is -2.33. The molecule has 0 saturated carbocycles. The van der Waals surface area contributed by atoms with Gasteiger partial charge in [-0.1, -0.05) is 6.07 Å². The van der Waals surface area contributed by atoms with Crippen LogP contribution in [0.15, 0.2) is 18.2 Å². The van der Waals surface area contributed by atoms with Crippen molar-refractivity contribution in [1.82, 2.24) is 4.90 Å². The topological polar surface area (TPSA) is 78.9 Å². The van der Waals surface area contributed by atoms with Gasteiger partial charge < -0.3 is 20.1 Å². The van der Waals surface area contributed by atoms with Crippen LogP contribution in [0, 0.1) is 12.8 Å². The van der Waals surface area contributed by atoms with Gasteiger partial charge in [-0.2, -0.15) is 0 Å². The average Bonchev–Trinajstić information content (AvgIpc) is 2.49. The van der Waals surface area contributed by atoms with Crippen molar-refractivity contribution in [3.05, 3.63) is 23.8 Å². The molecule has 0 spiro atoms. The van der Waals surface area contributed by atoms with Gasteiger partial charge in [0.05, 0.1) is 11.6 Å². The standard InChI is InChI=1S/C18H26N2O4/c1-12-7-8-15(21)14(10-12)19-16(22)13-6-5-9-20(11-13)17(23)24-18(2,3)4/h7-8,10,13,21H,5-6,9,11H2,1-4H3,(H,19,22). The number of anilines is 1. The molecule has 2 rings (SSSR count). The van der Waals surface area contributed by atoms with Gasteiger partial charge in [-0.25, -0.2) is 4.79 Å². The Balaban J connectivity index is 2.00. The van der Waals surface area contributed by atoms with Crippen LogP contribution in [0.2, 0.25) is 0 Å². The Hall–Kier alpha value is -2.24. The van der Waals surface area contributed by atoms with E-state index < -0.39 is 11.7 Å². The number of rotatable bonds is 2. The lowest BCUT2D eigenvalue weighted by Crippen LogP contribution is -2.45. The molecular formula is C18H26N2O4. The van der Waals surface area contributed by atoms with Crippen LogP contribution in [0.4, 0.5) is 10.5 Å². The summed E-state index contributed by atoms with van der Waals surface area (Å²) in [7, 11) is 0. The second-order valence-corrected chi connectivity index (χ2v) is 7.28. The van der Waals surface area contributed by atoms with Gasteiger partial charge >= 0.3 is 6.09 Å². The number of likely N-dealkylation sites (tertiary alicyclic amines) is 1. The van der Waals surface area contributed by atoms with Crippen LogP contribution in [0.1, 0.15) is 39.2 Å². The first-order valence-electron chi connectivity index (χ1n) is 8.24. The summed E-state index contributed by atoms with van der Waals surface area (Å²) in [4.78, 5) is 26.2. The van der Waals surface area contributed by atoms with Gasteiger partial charge in [-0.05, 0) is 58.2 Å². The third kappa shape index (κ3) is 4.88. The van der Waals surface area contributed by atoms with Crippen molar-refractivity contribution in [3.8, 4) is 5.75 Å². The smallest absolute Gasteiger partial charge is 0.410 e. The van der Waals surface area contributed by atoms with Gasteiger partial charge in [-0.15, -0.1) is 0 Å². The molecular weight excluding hydrogens is 308 g/mol. The highest BCUT2D eigenvalue weighted by atomic mass is 16.6. The number of ether oxygens (including phenoxy) is 1. The Bertz CT molecular complexity index is 622. The molecule has 1 atom stereocenters. The van der Waals surface area contributed by atoms with Crippen LogP contribution >= 0.6 is 0 Å². The molecule has 1 aliphatic rings. The molecule has 0 radical (unpaired) electrons. The summed E-state index contributed by atoms with van der Waals surface area (Å²) in [5.74, 6) is -0.468. The van der Waals surface area contributed by atoms with E-state index >= 15 is 0 Å². The SMILES string of the molecule is Cc1ccc(O)c(NC(=O)C2CCCN(C(=O)OC(C)(C)C)C2)c1. The number of phenolic OH excluding ortho intramolecular Hbond substituents is 1. The minimum absolute atomic E-state index is 0.0359. The highest BCUT2D eigenvalue weighted by Gasteiger charge is 2.31. The van der Waals surface area contributed by atoms with Gasteiger partial charge in [0, 0.05) is 13.1 Å². The van der Waals surface area contributed by atoms with E-state index in [4.69, 9.17) is 4.74 Å². The monoisotopic (exact) mass is 334 g/mol. The Morgan fingerprint density at radius 3 is 2.71 bits per heavy atom. The molecule has 1 saturated heterocycles. The predicted molar refractivity (Wildman–Crippen MR) is 92.0 cm³/mol. The molecule has 132 valence electrons. The molecule has 0 aliphatic carbocycles. The number of hydrogen-bond acceptors (Lipinski definition) is 4. The van der Waals surface area contributed by atoms with E-state index in [-0.39, 0.29) is 17.6 Å². The van der Waals surface area contributed by atoms with Gasteiger partial charge in [-0.3, -0.25) is 4.79 Å². The fourth-order valence-electron chi connectivity index (χ4n) is 2.67. The average molecular weight is 334 g/mol. The molecule has 1 aromatic carbocycles. The Kier molecular flexibility index (Phi) is 5.36. The van der Waals surface area contributed by atoms with Crippen LogP contribution < -0.4 is 5.32 Å². The van der Waals surface area contributed by atoms with Gasteiger partial charge in [0.2, 0.25) is 5.91 Å². The van der Waals surface area contributed by atoms with Crippen LogP contribution in [-0.4, -0.2) is 40.7 Å². The van der Waals surface area contributed by atoms with E-state index in [2.05, 4.69) is 5.32 Å². The van der Waals surface area contributed by atoms with Crippen LogP contribution in [-0.2, 0) is 9.53 Å². The number of nitrogens with zero attached hydrogens (tertiary/aromatic N) is 1. The quantitative estimate of drug-likeness (QED) is 0.814. The Labute approximate surface area is 142 Å². The molecule has 1 unspecified atom stereocenters. The second kappa shape index (κ2) is 7.11. The van der Waals surface area contributed by atoms with Crippen molar-refractivity contribution in [2.45, 2.75) is 46.1 Å². The van der Waals surface area contributed by atoms with E-state index in [1.807, 2.05) is 27.7 Å². The number of hydrogen-bond donors (Lipinski definition) is 2. The zero-order valence-corrected chi connectivity index (χ0v) is 14.8. The molecule has 1 fully saturated rings. The summed E-state index contributed by atoms with van der Waals surface area (Å²) in [6.07, 6.45) is 1.06. The first-order chi connectivity index (χ1) is 11.2. The lowest BCUT2D eigenvalue weighted by atomic mass is 9.97. The molecule has 0 aromatic heterocycles. The second-order valence-electron chi connectivity index (χ2n) is 7.28. The number of aromatic hydroxyl groups is 1. The van der Waals surface area contributed by atoms with Gasteiger partial charge in [0.25, 0.3) is 0 Å². The third-order valence-corrected chi connectivity index (χ3v) is 3.85. The first kappa shape index (κ1) is 18.1. The minimum Gasteiger partial charge on any atom is -0.506 e. The normalized spacial score (nSPS) is 18.2. The van der Waals surface area contributed by atoms with Gasteiger partial charge in [0.15, 0.2) is 0 Å². The summed E-state index contributed by atoms with van der Waals surface area (Å²) in [5.41, 5.74) is 0.788. The van der Waals surface area contributed by atoms with Gasteiger partial charge in [0.1, 0.15) is 11.4 Å². The first-order valence-corrected chi connectivity index (χ1v) is 8.24. The molecule has 6 heteroatoms. The third-order valence-electron chi connectivity index (χ3n) is 3.85. The van der Waals surface area contributed by atoms with E-state index in [1.54, 1.807) is 23.1 Å². The van der Waals surface area contributed by atoms with E-state index in [0.717, 1.165) is 12.0 Å². The Morgan fingerprint density at radius 2 is 2.04 bits per heavy atom. The summed E-state index contributed by atoms with van der Waals surface area (Å²) < 4.78 is 5.37. The maximum Gasteiger partial charge on any atom is 0.410 e. The fourth-order valence-corrected chi connectivity index (χ4v) is 2.67.